The van der Waals surface area contributed by atoms with Crippen LogP contribution in [0.25, 0.3) is 5.69 Å². The van der Waals surface area contributed by atoms with Crippen molar-refractivity contribution in [1.29, 1.82) is 0 Å². The van der Waals surface area contributed by atoms with Crippen molar-refractivity contribution in [3.8, 4) is 5.69 Å². The molecule has 3 aromatic carbocycles. The third-order valence-corrected chi connectivity index (χ3v) is 12.1. The van der Waals surface area contributed by atoms with Crippen LogP contribution in [0, 0.1) is 6.92 Å². The zero-order valence-electron chi connectivity index (χ0n) is 18.6. The van der Waals surface area contributed by atoms with E-state index in [0.717, 1.165) is 0 Å². The maximum atomic E-state index is 2.44. The summed E-state index contributed by atoms with van der Waals surface area (Å²) in [5, 5.41) is 4.36. The molecule has 1 heterocycles. The van der Waals surface area contributed by atoms with E-state index >= 15 is 0 Å². The Morgan fingerprint density at radius 1 is 0.700 bits per heavy atom. The van der Waals surface area contributed by atoms with Gasteiger partial charge in [0.15, 0.2) is 5.32 Å². The number of aryl methyl sites for hydroxylation is 1. The van der Waals surface area contributed by atoms with Crippen LogP contribution in [0.4, 0.5) is 0 Å². The Morgan fingerprint density at radius 3 is 1.57 bits per heavy atom. The lowest BCUT2D eigenvalue weighted by atomic mass is 10.2. The number of hydrogen-bond acceptors (Lipinski definition) is 0. The molecule has 3 heteroatoms. The van der Waals surface area contributed by atoms with Crippen molar-refractivity contribution in [2.45, 2.75) is 32.7 Å². The Kier molecular flexibility index (Phi) is 5.25. The van der Waals surface area contributed by atoms with Gasteiger partial charge < -0.3 is 0 Å². The average molecular weight is 412 g/mol. The van der Waals surface area contributed by atoms with Gasteiger partial charge in [0.2, 0.25) is 13.8 Å². The zero-order chi connectivity index (χ0) is 21.4. The summed E-state index contributed by atoms with van der Waals surface area (Å²) in [6.07, 6.45) is 0. The SMILES string of the molecule is Cc1cc([Si](c2ccccc2)(c2ccccc2)C(C)(C)C)[n+](-c2ccccc2)n1C. The van der Waals surface area contributed by atoms with Gasteiger partial charge in [-0.05, 0) is 22.3 Å². The fourth-order valence-electron chi connectivity index (χ4n) is 4.91. The largest absolute Gasteiger partial charge is 0.238 e. The van der Waals surface area contributed by atoms with Crippen LogP contribution < -0.4 is 20.4 Å². The second-order valence-electron chi connectivity index (χ2n) is 9.07. The molecule has 1 aromatic heterocycles. The second kappa shape index (κ2) is 7.73. The van der Waals surface area contributed by atoms with Crippen molar-refractivity contribution in [3.05, 3.63) is 103 Å². The molecule has 152 valence electrons. The van der Waals surface area contributed by atoms with Gasteiger partial charge in [0, 0.05) is 18.2 Å². The monoisotopic (exact) mass is 411 g/mol. The first-order chi connectivity index (χ1) is 14.4. The van der Waals surface area contributed by atoms with Gasteiger partial charge in [-0.1, -0.05) is 104 Å². The normalized spacial score (nSPS) is 12.2. The summed E-state index contributed by atoms with van der Waals surface area (Å²) in [5.41, 5.74) is 2.47. The van der Waals surface area contributed by atoms with Gasteiger partial charge in [-0.2, -0.15) is 4.68 Å². The first-order valence-corrected chi connectivity index (χ1v) is 12.6. The Balaban J connectivity index is 2.18. The van der Waals surface area contributed by atoms with Crippen molar-refractivity contribution < 1.29 is 4.68 Å². The predicted octanol–water partition coefficient (Wildman–Crippen LogP) is 3.88. The molecule has 0 saturated carbocycles. The van der Waals surface area contributed by atoms with Crippen LogP contribution >= 0.6 is 0 Å². The minimum Gasteiger partial charge on any atom is -0.156 e. The summed E-state index contributed by atoms with van der Waals surface area (Å²) in [6.45, 7) is 9.45. The molecule has 0 saturated heterocycles. The highest BCUT2D eigenvalue weighted by Gasteiger charge is 2.56. The van der Waals surface area contributed by atoms with Crippen LogP contribution in [0.3, 0.4) is 0 Å². The van der Waals surface area contributed by atoms with Gasteiger partial charge in [-0.15, -0.1) is 0 Å². The van der Waals surface area contributed by atoms with Gasteiger partial charge in [0.25, 0.3) is 0 Å². The standard InChI is InChI=1S/C27H31N2Si/c1-22-21-26(29(28(22)5)23-15-9-6-10-16-23)30(27(2,3)4,24-17-11-7-12-18-24)25-19-13-8-14-20-25/h6-21H,1-5H3/q+1. The molecule has 0 radical (unpaired) electrons. The van der Waals surface area contributed by atoms with Crippen LogP contribution in [0.2, 0.25) is 5.04 Å². The Hall–Kier alpha value is -2.91. The van der Waals surface area contributed by atoms with Crippen molar-refractivity contribution >= 4 is 23.8 Å². The quantitative estimate of drug-likeness (QED) is 0.356. The lowest BCUT2D eigenvalue weighted by Gasteiger charge is -2.40. The number of para-hydroxylation sites is 1. The predicted molar refractivity (Wildman–Crippen MR) is 129 cm³/mol. The minimum absolute atomic E-state index is 0.0556. The third kappa shape index (κ3) is 3.14. The van der Waals surface area contributed by atoms with E-state index < -0.39 is 8.07 Å². The van der Waals surface area contributed by atoms with E-state index in [1.165, 1.54) is 27.1 Å². The fourth-order valence-corrected chi connectivity index (χ4v) is 10.7. The van der Waals surface area contributed by atoms with Crippen molar-refractivity contribution in [3.63, 3.8) is 0 Å². The molecule has 4 rings (SSSR count). The number of nitrogens with zero attached hydrogens (tertiary/aromatic N) is 2. The molecule has 0 unspecified atom stereocenters. The molecule has 0 aliphatic carbocycles. The summed E-state index contributed by atoms with van der Waals surface area (Å²) in [4.78, 5) is 0. The third-order valence-electron chi connectivity index (χ3n) is 6.31. The smallest absolute Gasteiger partial charge is 0.156 e. The highest BCUT2D eigenvalue weighted by molar-refractivity contribution is 7.12. The Bertz CT molecular complexity index is 1080. The van der Waals surface area contributed by atoms with Gasteiger partial charge >= 0.3 is 0 Å². The summed E-state index contributed by atoms with van der Waals surface area (Å²) in [7, 11) is -0.251. The van der Waals surface area contributed by atoms with E-state index in [0.29, 0.717) is 0 Å². The fraction of sp³-hybridized carbons (Fsp3) is 0.222. The van der Waals surface area contributed by atoms with Crippen molar-refractivity contribution in [2.75, 3.05) is 0 Å². The minimum atomic E-state index is -2.42. The molecule has 2 nitrogen and oxygen atoms in total. The number of rotatable bonds is 4. The Morgan fingerprint density at radius 2 is 1.13 bits per heavy atom. The molecule has 0 amide bonds. The number of hydrogen-bond donors (Lipinski definition) is 0. The van der Waals surface area contributed by atoms with Gasteiger partial charge in [0.05, 0.1) is 12.7 Å². The summed E-state index contributed by atoms with van der Waals surface area (Å²) < 4.78 is 4.73. The molecule has 0 aliphatic heterocycles. The van der Waals surface area contributed by atoms with E-state index in [1.807, 2.05) is 0 Å². The van der Waals surface area contributed by atoms with E-state index in [4.69, 9.17) is 0 Å². The van der Waals surface area contributed by atoms with Crippen molar-refractivity contribution in [2.24, 2.45) is 7.05 Å². The van der Waals surface area contributed by atoms with E-state index in [9.17, 15) is 0 Å². The topological polar surface area (TPSA) is 8.81 Å². The van der Waals surface area contributed by atoms with E-state index in [-0.39, 0.29) is 5.04 Å². The maximum Gasteiger partial charge on any atom is 0.238 e. The highest BCUT2D eigenvalue weighted by atomic mass is 28.3. The highest BCUT2D eigenvalue weighted by Crippen LogP contribution is 2.35. The molecular formula is C27H31N2Si+. The molecule has 30 heavy (non-hydrogen) atoms. The van der Waals surface area contributed by atoms with Gasteiger partial charge in [0.1, 0.15) is 0 Å². The first-order valence-electron chi connectivity index (χ1n) is 10.6. The zero-order valence-corrected chi connectivity index (χ0v) is 19.6. The number of aromatic nitrogens is 2. The molecule has 0 fully saturated rings. The van der Waals surface area contributed by atoms with E-state index in [1.54, 1.807) is 0 Å². The van der Waals surface area contributed by atoms with Crippen LogP contribution in [0.5, 0.6) is 0 Å². The molecule has 0 bridgehead atoms. The van der Waals surface area contributed by atoms with Crippen LogP contribution in [0.1, 0.15) is 26.5 Å². The summed E-state index contributed by atoms with van der Waals surface area (Å²) in [6, 6.07) is 35.5. The lowest BCUT2D eigenvalue weighted by molar-refractivity contribution is -0.667. The van der Waals surface area contributed by atoms with Crippen LogP contribution in [-0.2, 0) is 7.05 Å². The van der Waals surface area contributed by atoms with Gasteiger partial charge in [-0.25, -0.2) is 0 Å². The van der Waals surface area contributed by atoms with E-state index in [2.05, 4.69) is 141 Å². The van der Waals surface area contributed by atoms with Gasteiger partial charge in [-0.3, -0.25) is 0 Å². The summed E-state index contributed by atoms with van der Waals surface area (Å²) >= 11 is 0. The molecule has 0 N–H and O–H groups in total. The molecule has 4 aromatic rings. The van der Waals surface area contributed by atoms with Crippen molar-refractivity contribution in [1.82, 2.24) is 4.68 Å². The lowest BCUT2D eigenvalue weighted by Crippen LogP contribution is -2.79. The maximum absolute atomic E-state index is 2.44. The first kappa shape index (κ1) is 20.4. The van der Waals surface area contributed by atoms with Crippen LogP contribution in [0.15, 0.2) is 97.1 Å². The number of benzene rings is 3. The van der Waals surface area contributed by atoms with Crippen LogP contribution in [-0.4, -0.2) is 12.8 Å². The Labute approximate surface area is 181 Å². The molecule has 0 aliphatic rings. The molecule has 0 atom stereocenters. The average Bonchev–Trinajstić information content (AvgIpc) is 3.04. The summed E-state index contributed by atoms with van der Waals surface area (Å²) in [5.74, 6) is 0. The molecule has 0 spiro atoms. The second-order valence-corrected chi connectivity index (χ2v) is 13.7. The molecular weight excluding hydrogens is 380 g/mol.